The molecule has 0 saturated carbocycles. The molecule has 0 aliphatic heterocycles. The number of nitrogens with zero attached hydrogens (tertiary/aromatic N) is 3. The lowest BCUT2D eigenvalue weighted by atomic mass is 10.1. The molecule has 0 atom stereocenters. The Kier molecular flexibility index (Phi) is 7.17. The first-order chi connectivity index (χ1) is 15.6. The van der Waals surface area contributed by atoms with Crippen LogP contribution in [-0.2, 0) is 24.2 Å². The van der Waals surface area contributed by atoms with Crippen molar-refractivity contribution in [3.05, 3.63) is 94.4 Å². The van der Waals surface area contributed by atoms with E-state index in [0.29, 0.717) is 13.0 Å². The Morgan fingerprint density at radius 2 is 1.75 bits per heavy atom. The molecule has 0 spiro atoms. The maximum Gasteiger partial charge on any atom is 0.220 e. The summed E-state index contributed by atoms with van der Waals surface area (Å²) < 4.78 is 2.17. The second-order valence-electron chi connectivity index (χ2n) is 8.03. The summed E-state index contributed by atoms with van der Waals surface area (Å²) in [7, 11) is 0. The van der Waals surface area contributed by atoms with E-state index in [0.717, 1.165) is 53.4 Å². The fraction of sp³-hybridized carbons (Fsp3) is 0.269. The molecule has 0 bridgehead atoms. The van der Waals surface area contributed by atoms with Crippen molar-refractivity contribution in [2.45, 2.75) is 39.2 Å². The topological polar surface area (TPSA) is 59.8 Å². The van der Waals surface area contributed by atoms with Gasteiger partial charge in [-0.1, -0.05) is 53.6 Å². The average molecular weight is 447 g/mol. The molecule has 0 aliphatic rings. The van der Waals surface area contributed by atoms with Crippen molar-refractivity contribution in [1.29, 1.82) is 0 Å². The molecule has 0 saturated heterocycles. The minimum atomic E-state index is 0.0679. The van der Waals surface area contributed by atoms with E-state index in [1.165, 1.54) is 11.1 Å². The van der Waals surface area contributed by atoms with Crippen LogP contribution in [0.5, 0.6) is 0 Å². The molecule has 4 aromatic rings. The quantitative estimate of drug-likeness (QED) is 0.388. The molecule has 2 aromatic heterocycles. The smallest absolute Gasteiger partial charge is 0.220 e. The Morgan fingerprint density at radius 3 is 2.53 bits per heavy atom. The first-order valence-corrected chi connectivity index (χ1v) is 11.3. The van der Waals surface area contributed by atoms with Crippen LogP contribution in [0.4, 0.5) is 0 Å². The summed E-state index contributed by atoms with van der Waals surface area (Å²) in [6.45, 7) is 3.43. The van der Waals surface area contributed by atoms with E-state index < -0.39 is 0 Å². The number of imidazole rings is 1. The van der Waals surface area contributed by atoms with E-state index in [1.54, 1.807) is 6.20 Å². The Bertz CT molecular complexity index is 1180. The Balaban J connectivity index is 1.33. The number of rotatable bonds is 9. The maximum absolute atomic E-state index is 12.3. The van der Waals surface area contributed by atoms with Crippen LogP contribution in [-0.4, -0.2) is 27.0 Å². The number of aryl methyl sites for hydroxylation is 2. The highest BCUT2D eigenvalue weighted by Crippen LogP contribution is 2.18. The number of hydrogen-bond donors (Lipinski definition) is 1. The lowest BCUT2D eigenvalue weighted by Crippen LogP contribution is -2.25. The molecule has 6 heteroatoms. The molecule has 2 aromatic carbocycles. The van der Waals surface area contributed by atoms with Gasteiger partial charge in [0.2, 0.25) is 5.91 Å². The number of aromatic nitrogens is 3. The second kappa shape index (κ2) is 10.4. The SMILES string of the molecule is Cc1ccc(Cn2c(CCCC(=O)NCCc3ccc(Cl)cc3)nc3cccnc32)cc1. The van der Waals surface area contributed by atoms with Gasteiger partial charge in [-0.25, -0.2) is 9.97 Å². The fourth-order valence-electron chi connectivity index (χ4n) is 3.73. The van der Waals surface area contributed by atoms with Gasteiger partial charge in [0, 0.05) is 30.6 Å². The predicted octanol–water partition coefficient (Wildman–Crippen LogP) is 5.12. The predicted molar refractivity (Wildman–Crippen MR) is 129 cm³/mol. The molecular formula is C26H27ClN4O. The largest absolute Gasteiger partial charge is 0.356 e. The summed E-state index contributed by atoms with van der Waals surface area (Å²) in [5, 5.41) is 3.73. The van der Waals surface area contributed by atoms with E-state index in [4.69, 9.17) is 16.6 Å². The van der Waals surface area contributed by atoms with Gasteiger partial charge in [-0.3, -0.25) is 4.79 Å². The normalized spacial score (nSPS) is 11.1. The summed E-state index contributed by atoms with van der Waals surface area (Å²) in [6, 6.07) is 20.1. The number of hydrogen-bond acceptors (Lipinski definition) is 3. The van der Waals surface area contributed by atoms with Crippen LogP contribution in [0.15, 0.2) is 66.9 Å². The van der Waals surface area contributed by atoms with Crippen molar-refractivity contribution in [2.75, 3.05) is 6.54 Å². The third-order valence-electron chi connectivity index (χ3n) is 5.50. The highest BCUT2D eigenvalue weighted by atomic mass is 35.5. The van der Waals surface area contributed by atoms with Crippen molar-refractivity contribution in [3.63, 3.8) is 0 Å². The standard InChI is InChI=1S/C26H27ClN4O/c1-19-7-9-21(10-8-19)18-31-24(30-23-4-3-16-29-26(23)31)5-2-6-25(32)28-17-15-20-11-13-22(27)14-12-20/h3-4,7-14,16H,2,5-6,15,17-18H2,1H3,(H,28,32). The summed E-state index contributed by atoms with van der Waals surface area (Å²) in [5.41, 5.74) is 5.39. The lowest BCUT2D eigenvalue weighted by Gasteiger charge is -2.10. The number of amides is 1. The number of nitrogens with one attached hydrogen (secondary N) is 1. The van der Waals surface area contributed by atoms with E-state index >= 15 is 0 Å². The molecule has 5 nitrogen and oxygen atoms in total. The molecule has 164 valence electrons. The third-order valence-corrected chi connectivity index (χ3v) is 5.75. The fourth-order valence-corrected chi connectivity index (χ4v) is 3.86. The van der Waals surface area contributed by atoms with Crippen molar-refractivity contribution in [1.82, 2.24) is 19.9 Å². The van der Waals surface area contributed by atoms with E-state index in [9.17, 15) is 4.79 Å². The van der Waals surface area contributed by atoms with Gasteiger partial charge in [0.15, 0.2) is 5.65 Å². The zero-order valence-corrected chi connectivity index (χ0v) is 19.0. The second-order valence-corrected chi connectivity index (χ2v) is 8.46. The monoisotopic (exact) mass is 446 g/mol. The Hall–Kier alpha value is -3.18. The van der Waals surface area contributed by atoms with Crippen LogP contribution in [0.2, 0.25) is 5.02 Å². The maximum atomic E-state index is 12.3. The minimum absolute atomic E-state index is 0.0679. The van der Waals surface area contributed by atoms with Gasteiger partial charge >= 0.3 is 0 Å². The summed E-state index contributed by atoms with van der Waals surface area (Å²) >= 11 is 5.91. The first-order valence-electron chi connectivity index (χ1n) is 11.0. The lowest BCUT2D eigenvalue weighted by molar-refractivity contribution is -0.121. The zero-order valence-electron chi connectivity index (χ0n) is 18.2. The van der Waals surface area contributed by atoms with E-state index in [1.807, 2.05) is 36.4 Å². The summed E-state index contributed by atoms with van der Waals surface area (Å²) in [5.74, 6) is 1.03. The van der Waals surface area contributed by atoms with Crippen LogP contribution in [0, 0.1) is 6.92 Å². The Labute approximate surface area is 193 Å². The highest BCUT2D eigenvalue weighted by molar-refractivity contribution is 6.30. The zero-order chi connectivity index (χ0) is 22.3. The summed E-state index contributed by atoms with van der Waals surface area (Å²) in [4.78, 5) is 21.6. The molecule has 0 fully saturated rings. The number of carbonyl (C=O) groups excluding carboxylic acids is 1. The molecule has 1 amide bonds. The molecule has 4 rings (SSSR count). The molecule has 0 unspecified atom stereocenters. The molecular weight excluding hydrogens is 420 g/mol. The molecule has 32 heavy (non-hydrogen) atoms. The summed E-state index contributed by atoms with van der Waals surface area (Å²) in [6.07, 6.45) is 4.53. The van der Waals surface area contributed by atoms with Gasteiger partial charge in [0.05, 0.1) is 6.54 Å². The average Bonchev–Trinajstić information content (AvgIpc) is 3.14. The van der Waals surface area contributed by atoms with E-state index in [-0.39, 0.29) is 5.91 Å². The van der Waals surface area contributed by atoms with Gasteiger partial charge < -0.3 is 9.88 Å². The number of pyridine rings is 1. The van der Waals surface area contributed by atoms with Gasteiger partial charge in [0.1, 0.15) is 11.3 Å². The van der Waals surface area contributed by atoms with Gasteiger partial charge in [-0.15, -0.1) is 0 Å². The van der Waals surface area contributed by atoms with E-state index in [2.05, 4.69) is 46.1 Å². The Morgan fingerprint density at radius 1 is 1.00 bits per heavy atom. The van der Waals surface area contributed by atoms with Gasteiger partial charge in [-0.05, 0) is 55.2 Å². The molecule has 0 aliphatic carbocycles. The number of fused-ring (bicyclic) bond motifs is 1. The third kappa shape index (κ3) is 5.74. The number of carbonyl (C=O) groups is 1. The number of halogens is 1. The van der Waals surface area contributed by atoms with Crippen molar-refractivity contribution < 1.29 is 4.79 Å². The van der Waals surface area contributed by atoms with Gasteiger partial charge in [0.25, 0.3) is 0 Å². The van der Waals surface area contributed by atoms with Crippen molar-refractivity contribution in [3.8, 4) is 0 Å². The molecule has 1 N–H and O–H groups in total. The van der Waals surface area contributed by atoms with Crippen molar-refractivity contribution >= 4 is 28.7 Å². The van der Waals surface area contributed by atoms with Crippen LogP contribution < -0.4 is 5.32 Å². The van der Waals surface area contributed by atoms with Crippen LogP contribution in [0.25, 0.3) is 11.2 Å². The number of benzene rings is 2. The molecule has 2 heterocycles. The molecule has 0 radical (unpaired) electrons. The van der Waals surface area contributed by atoms with Crippen LogP contribution >= 0.6 is 11.6 Å². The minimum Gasteiger partial charge on any atom is -0.356 e. The van der Waals surface area contributed by atoms with Crippen LogP contribution in [0.1, 0.15) is 35.4 Å². The first kappa shape index (κ1) is 22.0. The van der Waals surface area contributed by atoms with Crippen molar-refractivity contribution in [2.24, 2.45) is 0 Å². The highest BCUT2D eigenvalue weighted by Gasteiger charge is 2.13. The van der Waals surface area contributed by atoms with Crippen LogP contribution in [0.3, 0.4) is 0 Å². The van der Waals surface area contributed by atoms with Gasteiger partial charge in [-0.2, -0.15) is 0 Å².